The molecule has 0 spiro atoms. The van der Waals surface area contributed by atoms with Gasteiger partial charge >= 0.3 is 5.76 Å². The molecule has 0 saturated carbocycles. The van der Waals surface area contributed by atoms with E-state index in [-0.39, 0.29) is 29.0 Å². The highest BCUT2D eigenvalue weighted by molar-refractivity contribution is 7.89. The summed E-state index contributed by atoms with van der Waals surface area (Å²) >= 11 is 0. The Kier molecular flexibility index (Phi) is 5.97. The number of carbonyl (C=O) groups is 1. The third-order valence-electron chi connectivity index (χ3n) is 5.57. The molecule has 2 heterocycles. The van der Waals surface area contributed by atoms with E-state index in [9.17, 15) is 18.0 Å². The normalized spacial score (nSPS) is 16.3. The number of rotatable bonds is 6. The Bertz CT molecular complexity index is 1240. The van der Waals surface area contributed by atoms with Crippen molar-refractivity contribution in [2.45, 2.75) is 43.7 Å². The van der Waals surface area contributed by atoms with E-state index in [1.807, 2.05) is 37.3 Å². The minimum absolute atomic E-state index is 0.0879. The number of nitrogens with one attached hydrogen (secondary N) is 1. The maximum absolute atomic E-state index is 12.9. The molecule has 0 aliphatic carbocycles. The summed E-state index contributed by atoms with van der Waals surface area (Å²) < 4.78 is 33.7. The van der Waals surface area contributed by atoms with E-state index >= 15 is 0 Å². The van der Waals surface area contributed by atoms with E-state index in [1.54, 1.807) is 0 Å². The smallest absolute Gasteiger partial charge is 0.408 e. The molecule has 1 saturated heterocycles. The number of hydrogen-bond donors (Lipinski definition) is 1. The molecule has 164 valence electrons. The molecule has 1 atom stereocenters. The van der Waals surface area contributed by atoms with Gasteiger partial charge in [0.1, 0.15) is 6.54 Å². The predicted molar refractivity (Wildman–Crippen MR) is 116 cm³/mol. The maximum Gasteiger partial charge on any atom is 0.420 e. The minimum atomic E-state index is -3.64. The number of fused-ring (bicyclic) bond motifs is 1. The quantitative estimate of drug-likeness (QED) is 0.631. The zero-order valence-corrected chi connectivity index (χ0v) is 18.1. The number of oxazole rings is 1. The summed E-state index contributed by atoms with van der Waals surface area (Å²) in [6, 6.07) is 13.6. The third kappa shape index (κ3) is 4.42. The van der Waals surface area contributed by atoms with Crippen LogP contribution >= 0.6 is 0 Å². The lowest BCUT2D eigenvalue weighted by molar-refractivity contribution is -0.122. The first-order chi connectivity index (χ1) is 14.9. The fourth-order valence-electron chi connectivity index (χ4n) is 3.87. The Balaban J connectivity index is 1.55. The fraction of sp³-hybridized carbons (Fsp3) is 0.364. The number of sulfonamides is 1. The van der Waals surface area contributed by atoms with Crippen LogP contribution in [0.25, 0.3) is 11.1 Å². The van der Waals surface area contributed by atoms with Crippen molar-refractivity contribution in [2.24, 2.45) is 0 Å². The summed E-state index contributed by atoms with van der Waals surface area (Å²) in [5, 5.41) is 2.86. The summed E-state index contributed by atoms with van der Waals surface area (Å²) in [6.45, 7) is 2.62. The Labute approximate surface area is 180 Å². The van der Waals surface area contributed by atoms with Crippen LogP contribution in [0.1, 0.15) is 37.8 Å². The van der Waals surface area contributed by atoms with Gasteiger partial charge in [-0.25, -0.2) is 13.2 Å². The molecule has 1 unspecified atom stereocenters. The van der Waals surface area contributed by atoms with Gasteiger partial charge in [-0.2, -0.15) is 4.31 Å². The molecule has 4 rings (SSSR count). The number of amides is 1. The first-order valence-corrected chi connectivity index (χ1v) is 11.8. The summed E-state index contributed by atoms with van der Waals surface area (Å²) in [5.74, 6) is -1.05. The van der Waals surface area contributed by atoms with Crippen LogP contribution in [-0.4, -0.2) is 36.3 Å². The largest absolute Gasteiger partial charge is 0.420 e. The summed E-state index contributed by atoms with van der Waals surface area (Å²) in [5.41, 5.74) is 1.48. The van der Waals surface area contributed by atoms with E-state index in [0.29, 0.717) is 18.6 Å². The summed E-state index contributed by atoms with van der Waals surface area (Å²) in [7, 11) is -3.64. The van der Waals surface area contributed by atoms with Crippen LogP contribution in [0.4, 0.5) is 0 Å². The first-order valence-electron chi connectivity index (χ1n) is 10.3. The average Bonchev–Trinajstić information content (AvgIpc) is 3.09. The van der Waals surface area contributed by atoms with Gasteiger partial charge in [0.25, 0.3) is 0 Å². The predicted octanol–water partition coefficient (Wildman–Crippen LogP) is 2.65. The second kappa shape index (κ2) is 8.68. The Morgan fingerprint density at radius 3 is 2.52 bits per heavy atom. The molecule has 3 aromatic rings. The van der Waals surface area contributed by atoms with Crippen molar-refractivity contribution >= 4 is 27.0 Å². The molecule has 1 aliphatic rings. The molecule has 1 aromatic heterocycles. The van der Waals surface area contributed by atoms with Gasteiger partial charge in [0, 0.05) is 19.2 Å². The fourth-order valence-corrected chi connectivity index (χ4v) is 5.40. The van der Waals surface area contributed by atoms with Crippen LogP contribution in [0, 0.1) is 0 Å². The van der Waals surface area contributed by atoms with Gasteiger partial charge < -0.3 is 9.73 Å². The van der Waals surface area contributed by atoms with E-state index in [2.05, 4.69) is 5.32 Å². The lowest BCUT2D eigenvalue weighted by atomic mass is 10.1. The van der Waals surface area contributed by atoms with E-state index in [4.69, 9.17) is 4.42 Å². The van der Waals surface area contributed by atoms with Crippen LogP contribution in [0.5, 0.6) is 0 Å². The zero-order valence-electron chi connectivity index (χ0n) is 17.3. The summed E-state index contributed by atoms with van der Waals surface area (Å²) in [4.78, 5) is 24.9. The first kappa shape index (κ1) is 21.3. The molecule has 1 fully saturated rings. The molecule has 8 nitrogen and oxygen atoms in total. The topological polar surface area (TPSA) is 102 Å². The van der Waals surface area contributed by atoms with Crippen molar-refractivity contribution in [1.29, 1.82) is 0 Å². The lowest BCUT2D eigenvalue weighted by Gasteiger charge is -2.25. The molecular formula is C22H25N3O5S. The second-order valence-electron chi connectivity index (χ2n) is 7.75. The lowest BCUT2D eigenvalue weighted by Crippen LogP contribution is -2.35. The molecule has 1 N–H and O–H groups in total. The van der Waals surface area contributed by atoms with Crippen LogP contribution < -0.4 is 11.1 Å². The number of benzene rings is 2. The zero-order chi connectivity index (χ0) is 22.0. The van der Waals surface area contributed by atoms with Crippen molar-refractivity contribution in [3.8, 4) is 0 Å². The number of hydrogen-bond acceptors (Lipinski definition) is 5. The molecular weight excluding hydrogens is 418 g/mol. The summed E-state index contributed by atoms with van der Waals surface area (Å²) in [6.07, 6.45) is 2.70. The highest BCUT2D eigenvalue weighted by Gasteiger charge is 2.27. The Hall–Kier alpha value is -2.91. The van der Waals surface area contributed by atoms with Gasteiger partial charge in [0.15, 0.2) is 5.58 Å². The third-order valence-corrected chi connectivity index (χ3v) is 7.47. The molecule has 9 heteroatoms. The van der Waals surface area contributed by atoms with Crippen molar-refractivity contribution < 1.29 is 17.6 Å². The van der Waals surface area contributed by atoms with E-state index in [1.165, 1.54) is 27.1 Å². The van der Waals surface area contributed by atoms with Crippen molar-refractivity contribution in [2.75, 3.05) is 13.1 Å². The van der Waals surface area contributed by atoms with E-state index in [0.717, 1.165) is 24.8 Å². The second-order valence-corrected chi connectivity index (χ2v) is 9.69. The molecule has 0 bridgehead atoms. The van der Waals surface area contributed by atoms with Crippen molar-refractivity contribution in [3.63, 3.8) is 0 Å². The van der Waals surface area contributed by atoms with Gasteiger partial charge in [0.2, 0.25) is 15.9 Å². The number of carbonyl (C=O) groups excluding carboxylic acids is 1. The number of nitrogens with zero attached hydrogens (tertiary/aromatic N) is 2. The molecule has 0 radical (unpaired) electrons. The van der Waals surface area contributed by atoms with Gasteiger partial charge in [-0.15, -0.1) is 0 Å². The minimum Gasteiger partial charge on any atom is -0.408 e. The van der Waals surface area contributed by atoms with Crippen LogP contribution in [0.15, 0.2) is 62.6 Å². The standard InChI is InChI=1S/C22H25N3O5S/c1-16(17-8-4-2-5-9-17)23-21(26)15-25-19-11-10-18(14-20(19)30-22(25)27)31(28,29)24-12-6-3-7-13-24/h2,4-5,8-11,14,16H,3,6-7,12-13,15H2,1H3,(H,23,26). The Morgan fingerprint density at radius 2 is 1.81 bits per heavy atom. The van der Waals surface area contributed by atoms with Crippen LogP contribution in [0.2, 0.25) is 0 Å². The Morgan fingerprint density at radius 1 is 1.10 bits per heavy atom. The molecule has 1 amide bonds. The van der Waals surface area contributed by atoms with Gasteiger partial charge in [0.05, 0.1) is 16.5 Å². The monoisotopic (exact) mass is 443 g/mol. The molecule has 31 heavy (non-hydrogen) atoms. The SMILES string of the molecule is CC(NC(=O)Cn1c(=O)oc2cc(S(=O)(=O)N3CCCCC3)ccc21)c1ccccc1. The average molecular weight is 444 g/mol. The number of aromatic nitrogens is 1. The van der Waals surface area contributed by atoms with Gasteiger partial charge in [-0.05, 0) is 37.5 Å². The number of piperidine rings is 1. The molecule has 2 aromatic carbocycles. The molecule has 1 aliphatic heterocycles. The van der Waals surface area contributed by atoms with Crippen LogP contribution in [0.3, 0.4) is 0 Å². The van der Waals surface area contributed by atoms with Crippen molar-refractivity contribution in [1.82, 2.24) is 14.2 Å². The van der Waals surface area contributed by atoms with Gasteiger partial charge in [-0.1, -0.05) is 36.8 Å². The van der Waals surface area contributed by atoms with Crippen LogP contribution in [-0.2, 0) is 21.4 Å². The highest BCUT2D eigenvalue weighted by atomic mass is 32.2. The van der Waals surface area contributed by atoms with Crippen molar-refractivity contribution in [3.05, 3.63) is 64.6 Å². The van der Waals surface area contributed by atoms with Gasteiger partial charge in [-0.3, -0.25) is 9.36 Å². The highest BCUT2D eigenvalue weighted by Crippen LogP contribution is 2.24. The maximum atomic E-state index is 12.9. The van der Waals surface area contributed by atoms with E-state index < -0.39 is 15.8 Å².